The third-order valence-electron chi connectivity index (χ3n) is 3.27. The van der Waals surface area contributed by atoms with Gasteiger partial charge < -0.3 is 10.7 Å². The van der Waals surface area contributed by atoms with E-state index < -0.39 is 0 Å². The lowest BCUT2D eigenvalue weighted by Gasteiger charge is -2.26. The average molecular weight is 233 g/mol. The summed E-state index contributed by atoms with van der Waals surface area (Å²) in [7, 11) is 0. The summed E-state index contributed by atoms with van der Waals surface area (Å²) in [6.07, 6.45) is 0.772. The fraction of sp³-hybridized carbons (Fsp3) is 0.462. The Morgan fingerprint density at radius 2 is 2.12 bits per heavy atom. The fourth-order valence-corrected chi connectivity index (χ4v) is 2.37. The highest BCUT2D eigenvalue weighted by molar-refractivity contribution is 5.79. The van der Waals surface area contributed by atoms with Gasteiger partial charge in [0.2, 0.25) is 0 Å². The van der Waals surface area contributed by atoms with Gasteiger partial charge in [-0.3, -0.25) is 4.57 Å². The lowest BCUT2D eigenvalue weighted by Crippen LogP contribution is -2.36. The molecule has 4 heteroatoms. The van der Waals surface area contributed by atoms with Crippen molar-refractivity contribution >= 4 is 11.0 Å². The van der Waals surface area contributed by atoms with E-state index in [1.54, 1.807) is 0 Å². The minimum absolute atomic E-state index is 0.0623. The molecular weight excluding hydrogens is 214 g/mol. The quantitative estimate of drug-likeness (QED) is 0.847. The Morgan fingerprint density at radius 1 is 1.41 bits per heavy atom. The van der Waals surface area contributed by atoms with E-state index in [1.807, 2.05) is 43.5 Å². The van der Waals surface area contributed by atoms with Crippen LogP contribution in [0.4, 0.5) is 0 Å². The number of hydrogen-bond acceptors (Lipinski definition) is 2. The predicted octanol–water partition coefficient (Wildman–Crippen LogP) is 1.72. The molecule has 2 aromatic rings. The van der Waals surface area contributed by atoms with E-state index in [0.717, 1.165) is 23.0 Å². The number of imidazole rings is 1. The second-order valence-corrected chi connectivity index (χ2v) is 5.09. The van der Waals surface area contributed by atoms with Crippen LogP contribution in [0.2, 0.25) is 0 Å². The largest absolute Gasteiger partial charge is 0.330 e. The van der Waals surface area contributed by atoms with E-state index >= 15 is 0 Å². The SMILES string of the molecule is Cc1cccc2[nH]c(=O)n(C(C)(C)CCN)c12. The van der Waals surface area contributed by atoms with E-state index in [4.69, 9.17) is 5.73 Å². The first-order chi connectivity index (χ1) is 7.97. The number of H-pyrrole nitrogens is 1. The van der Waals surface area contributed by atoms with E-state index in [0.29, 0.717) is 6.54 Å². The fourth-order valence-electron chi connectivity index (χ4n) is 2.37. The summed E-state index contributed by atoms with van der Waals surface area (Å²) < 4.78 is 1.82. The van der Waals surface area contributed by atoms with Crippen molar-refractivity contribution in [1.29, 1.82) is 0 Å². The van der Waals surface area contributed by atoms with Gasteiger partial charge in [0.25, 0.3) is 0 Å². The van der Waals surface area contributed by atoms with Crippen molar-refractivity contribution in [2.75, 3.05) is 6.54 Å². The molecule has 92 valence electrons. The number of nitrogens with zero attached hydrogens (tertiary/aromatic N) is 1. The molecule has 0 unspecified atom stereocenters. The molecule has 0 amide bonds. The minimum atomic E-state index is -0.268. The summed E-state index contributed by atoms with van der Waals surface area (Å²) in [6, 6.07) is 5.90. The van der Waals surface area contributed by atoms with Crippen molar-refractivity contribution in [2.45, 2.75) is 32.7 Å². The van der Waals surface area contributed by atoms with E-state index in [9.17, 15) is 4.79 Å². The molecule has 1 aromatic carbocycles. The summed E-state index contributed by atoms with van der Waals surface area (Å²) in [4.78, 5) is 15.0. The van der Waals surface area contributed by atoms with Crippen molar-refractivity contribution in [3.8, 4) is 0 Å². The molecule has 0 saturated carbocycles. The smallest absolute Gasteiger partial charge is 0.326 e. The van der Waals surface area contributed by atoms with Gasteiger partial charge >= 0.3 is 5.69 Å². The second-order valence-electron chi connectivity index (χ2n) is 5.09. The van der Waals surface area contributed by atoms with Gasteiger partial charge in [-0.2, -0.15) is 0 Å². The maximum atomic E-state index is 12.1. The number of rotatable bonds is 3. The Kier molecular flexibility index (Phi) is 2.83. The molecular formula is C13H19N3O. The highest BCUT2D eigenvalue weighted by Crippen LogP contribution is 2.24. The molecule has 3 N–H and O–H groups in total. The lowest BCUT2D eigenvalue weighted by atomic mass is 9.99. The van der Waals surface area contributed by atoms with Crippen molar-refractivity contribution < 1.29 is 0 Å². The molecule has 0 radical (unpaired) electrons. The number of nitrogens with one attached hydrogen (secondary N) is 1. The standard InChI is InChI=1S/C13H19N3O/c1-9-5-4-6-10-11(9)16(12(17)15-10)13(2,3)7-8-14/h4-6H,7-8,14H2,1-3H3,(H,15,17). The zero-order valence-electron chi connectivity index (χ0n) is 10.6. The lowest BCUT2D eigenvalue weighted by molar-refractivity contribution is 0.333. The maximum absolute atomic E-state index is 12.1. The van der Waals surface area contributed by atoms with E-state index in [-0.39, 0.29) is 11.2 Å². The Bertz CT molecular complexity index is 592. The number of aromatic amines is 1. The first-order valence-corrected chi connectivity index (χ1v) is 5.88. The highest BCUT2D eigenvalue weighted by Gasteiger charge is 2.24. The summed E-state index contributed by atoms with van der Waals surface area (Å²) in [5.41, 5.74) is 8.27. The minimum Gasteiger partial charge on any atom is -0.330 e. The average Bonchev–Trinajstić information content (AvgIpc) is 2.56. The molecule has 2 rings (SSSR count). The van der Waals surface area contributed by atoms with Crippen LogP contribution in [0.25, 0.3) is 11.0 Å². The molecule has 0 atom stereocenters. The molecule has 4 nitrogen and oxygen atoms in total. The Morgan fingerprint density at radius 3 is 2.76 bits per heavy atom. The third kappa shape index (κ3) is 1.89. The zero-order valence-corrected chi connectivity index (χ0v) is 10.6. The van der Waals surface area contributed by atoms with Crippen molar-refractivity contribution in [3.63, 3.8) is 0 Å². The maximum Gasteiger partial charge on any atom is 0.326 e. The van der Waals surface area contributed by atoms with Crippen molar-refractivity contribution in [2.24, 2.45) is 5.73 Å². The Labute approximate surface area is 100 Å². The number of aromatic nitrogens is 2. The first kappa shape index (κ1) is 11.9. The third-order valence-corrected chi connectivity index (χ3v) is 3.27. The molecule has 17 heavy (non-hydrogen) atoms. The number of nitrogens with two attached hydrogens (primary N) is 1. The molecule has 0 bridgehead atoms. The highest BCUT2D eigenvalue weighted by atomic mass is 16.1. The van der Waals surface area contributed by atoms with Crippen LogP contribution in [0.1, 0.15) is 25.8 Å². The van der Waals surface area contributed by atoms with Crippen LogP contribution in [-0.2, 0) is 5.54 Å². The second kappa shape index (κ2) is 4.04. The number of fused-ring (bicyclic) bond motifs is 1. The molecule has 1 heterocycles. The zero-order chi connectivity index (χ0) is 12.6. The normalized spacial score (nSPS) is 12.2. The molecule has 0 aliphatic heterocycles. The van der Waals surface area contributed by atoms with E-state index in [2.05, 4.69) is 4.98 Å². The molecule has 0 aliphatic rings. The van der Waals surface area contributed by atoms with Gasteiger partial charge in [0.05, 0.1) is 11.0 Å². The van der Waals surface area contributed by atoms with Crippen LogP contribution in [0.3, 0.4) is 0 Å². The van der Waals surface area contributed by atoms with Gasteiger partial charge in [-0.05, 0) is 45.4 Å². The number of aryl methyl sites for hydroxylation is 1. The summed E-state index contributed by atoms with van der Waals surface area (Å²) in [6.45, 7) is 6.67. The number of hydrogen-bond donors (Lipinski definition) is 2. The topological polar surface area (TPSA) is 63.8 Å². The summed E-state index contributed by atoms with van der Waals surface area (Å²) >= 11 is 0. The van der Waals surface area contributed by atoms with E-state index in [1.165, 1.54) is 0 Å². The first-order valence-electron chi connectivity index (χ1n) is 5.88. The predicted molar refractivity (Wildman–Crippen MR) is 70.3 cm³/mol. The molecule has 0 spiro atoms. The van der Waals surface area contributed by atoms with Gasteiger partial charge in [0.15, 0.2) is 0 Å². The van der Waals surface area contributed by atoms with Gasteiger partial charge in [0.1, 0.15) is 0 Å². The molecule has 0 aliphatic carbocycles. The summed E-state index contributed by atoms with van der Waals surface area (Å²) in [5.74, 6) is 0. The van der Waals surface area contributed by atoms with Crippen LogP contribution < -0.4 is 11.4 Å². The number of para-hydroxylation sites is 1. The molecule has 1 aromatic heterocycles. The molecule has 0 saturated heterocycles. The van der Waals surface area contributed by atoms with Gasteiger partial charge in [-0.25, -0.2) is 4.79 Å². The van der Waals surface area contributed by atoms with Crippen molar-refractivity contribution in [1.82, 2.24) is 9.55 Å². The monoisotopic (exact) mass is 233 g/mol. The number of benzene rings is 1. The summed E-state index contributed by atoms with van der Waals surface area (Å²) in [5, 5.41) is 0. The van der Waals surface area contributed by atoms with Crippen molar-refractivity contribution in [3.05, 3.63) is 34.2 Å². The van der Waals surface area contributed by atoms with Crippen LogP contribution in [-0.4, -0.2) is 16.1 Å². The Balaban J connectivity index is 2.77. The van der Waals surface area contributed by atoms with Crippen LogP contribution in [0.5, 0.6) is 0 Å². The van der Waals surface area contributed by atoms with Crippen LogP contribution in [0, 0.1) is 6.92 Å². The van der Waals surface area contributed by atoms with Gasteiger partial charge in [0, 0.05) is 5.54 Å². The van der Waals surface area contributed by atoms with Crippen LogP contribution in [0.15, 0.2) is 23.0 Å². The van der Waals surface area contributed by atoms with Gasteiger partial charge in [-0.1, -0.05) is 12.1 Å². The Hall–Kier alpha value is -1.55. The van der Waals surface area contributed by atoms with Gasteiger partial charge in [-0.15, -0.1) is 0 Å². The molecule has 0 fully saturated rings. The van der Waals surface area contributed by atoms with Crippen LogP contribution >= 0.6 is 0 Å².